The van der Waals surface area contributed by atoms with E-state index >= 15 is 0 Å². The minimum Gasteiger partial charge on any atom is -0.337 e. The Kier molecular flexibility index (Phi) is 5.18. The van der Waals surface area contributed by atoms with E-state index in [0.717, 1.165) is 5.01 Å². The fourth-order valence-corrected chi connectivity index (χ4v) is 6.14. The van der Waals surface area contributed by atoms with Crippen molar-refractivity contribution in [3.05, 3.63) is 50.4 Å². The maximum atomic E-state index is 12.8. The molecular formula is C17H19ClN2O3S2. The summed E-state index contributed by atoms with van der Waals surface area (Å²) in [4.78, 5) is 19.3. The topological polar surface area (TPSA) is 67.3 Å². The molecule has 0 N–H and O–H groups in total. The predicted molar refractivity (Wildman–Crippen MR) is 100 cm³/mol. The molecule has 25 heavy (non-hydrogen) atoms. The average molecular weight is 399 g/mol. The van der Waals surface area contributed by atoms with Crippen LogP contribution < -0.4 is 0 Å². The lowest BCUT2D eigenvalue weighted by Gasteiger charge is -2.19. The van der Waals surface area contributed by atoms with E-state index in [1.54, 1.807) is 36.1 Å². The molecule has 1 atom stereocenters. The van der Waals surface area contributed by atoms with Crippen molar-refractivity contribution < 1.29 is 13.2 Å². The standard InChI is InChI=1S/C17H19ClN2O3S2/c1-11-16(24-12(2)19-11)17(21)20-8-7-15(25(22,23)10-9-20)13-5-3-4-6-14(13)18/h3-6,15H,7-10H2,1-2H3/t15-/m0/s1. The first-order chi connectivity index (χ1) is 11.8. The fraction of sp³-hybridized carbons (Fsp3) is 0.412. The van der Waals surface area contributed by atoms with Gasteiger partial charge in [-0.1, -0.05) is 29.8 Å². The number of nitrogens with zero attached hydrogens (tertiary/aromatic N) is 2. The summed E-state index contributed by atoms with van der Waals surface area (Å²) < 4.78 is 25.4. The summed E-state index contributed by atoms with van der Waals surface area (Å²) in [6, 6.07) is 7.01. The number of carbonyl (C=O) groups is 1. The normalized spacial score (nSPS) is 20.3. The Hall–Kier alpha value is -1.44. The highest BCUT2D eigenvalue weighted by atomic mass is 35.5. The second kappa shape index (κ2) is 7.05. The van der Waals surface area contributed by atoms with E-state index < -0.39 is 15.1 Å². The van der Waals surface area contributed by atoms with Gasteiger partial charge in [-0.3, -0.25) is 4.79 Å². The maximum Gasteiger partial charge on any atom is 0.265 e. The van der Waals surface area contributed by atoms with Crippen LogP contribution in [0.25, 0.3) is 0 Å². The van der Waals surface area contributed by atoms with Crippen molar-refractivity contribution in [3.63, 3.8) is 0 Å². The lowest BCUT2D eigenvalue weighted by molar-refractivity contribution is 0.0770. The number of halogens is 1. The van der Waals surface area contributed by atoms with E-state index in [-0.39, 0.29) is 18.2 Å². The van der Waals surface area contributed by atoms with Gasteiger partial charge in [-0.05, 0) is 31.9 Å². The predicted octanol–water partition coefficient (Wildman–Crippen LogP) is 3.42. The minimum atomic E-state index is -3.38. The summed E-state index contributed by atoms with van der Waals surface area (Å²) in [5.41, 5.74) is 1.31. The van der Waals surface area contributed by atoms with Gasteiger partial charge >= 0.3 is 0 Å². The van der Waals surface area contributed by atoms with Crippen LogP contribution in [0.4, 0.5) is 0 Å². The molecule has 1 aromatic carbocycles. The molecular weight excluding hydrogens is 380 g/mol. The molecule has 0 unspecified atom stereocenters. The van der Waals surface area contributed by atoms with Gasteiger partial charge in [0.05, 0.1) is 21.7 Å². The number of benzene rings is 1. The molecule has 2 aromatic rings. The molecule has 1 aromatic heterocycles. The van der Waals surface area contributed by atoms with Gasteiger partial charge in [-0.15, -0.1) is 11.3 Å². The van der Waals surface area contributed by atoms with Gasteiger partial charge < -0.3 is 4.90 Å². The molecule has 134 valence electrons. The van der Waals surface area contributed by atoms with Gasteiger partial charge in [0.2, 0.25) is 0 Å². The molecule has 3 rings (SSSR count). The first kappa shape index (κ1) is 18.4. The summed E-state index contributed by atoms with van der Waals surface area (Å²) >= 11 is 7.55. The first-order valence-corrected chi connectivity index (χ1v) is 10.9. The number of rotatable bonds is 2. The Balaban J connectivity index is 1.87. The number of sulfone groups is 1. The Morgan fingerprint density at radius 2 is 2.00 bits per heavy atom. The van der Waals surface area contributed by atoms with Crippen molar-refractivity contribution in [1.82, 2.24) is 9.88 Å². The molecule has 1 fully saturated rings. The molecule has 5 nitrogen and oxygen atoms in total. The molecule has 0 radical (unpaired) electrons. The molecule has 0 spiro atoms. The number of aromatic nitrogens is 1. The van der Waals surface area contributed by atoms with Crippen molar-refractivity contribution >= 4 is 38.7 Å². The highest BCUT2D eigenvalue weighted by Gasteiger charge is 2.34. The molecule has 1 saturated heterocycles. The van der Waals surface area contributed by atoms with Crippen LogP contribution in [-0.4, -0.2) is 43.1 Å². The third-order valence-corrected chi connectivity index (χ3v) is 7.89. The Morgan fingerprint density at radius 1 is 1.28 bits per heavy atom. The molecule has 0 saturated carbocycles. The van der Waals surface area contributed by atoms with Crippen LogP contribution in [0.2, 0.25) is 5.02 Å². The largest absolute Gasteiger partial charge is 0.337 e. The van der Waals surface area contributed by atoms with Crippen LogP contribution in [-0.2, 0) is 9.84 Å². The van der Waals surface area contributed by atoms with Crippen LogP contribution >= 0.6 is 22.9 Å². The zero-order valence-electron chi connectivity index (χ0n) is 14.0. The zero-order valence-corrected chi connectivity index (χ0v) is 16.4. The summed E-state index contributed by atoms with van der Waals surface area (Å²) in [5, 5.41) is 0.602. The minimum absolute atomic E-state index is 0.0640. The van der Waals surface area contributed by atoms with E-state index in [4.69, 9.17) is 11.6 Å². The van der Waals surface area contributed by atoms with Crippen molar-refractivity contribution in [1.29, 1.82) is 0 Å². The van der Waals surface area contributed by atoms with Crippen LogP contribution in [0, 0.1) is 13.8 Å². The van der Waals surface area contributed by atoms with E-state index in [2.05, 4.69) is 4.98 Å². The number of hydrogen-bond acceptors (Lipinski definition) is 5. The van der Waals surface area contributed by atoms with Crippen molar-refractivity contribution in [3.8, 4) is 0 Å². The molecule has 1 amide bonds. The third kappa shape index (κ3) is 3.73. The highest BCUT2D eigenvalue weighted by molar-refractivity contribution is 7.91. The molecule has 2 heterocycles. The summed E-state index contributed by atoms with van der Waals surface area (Å²) in [6.07, 6.45) is 0.342. The van der Waals surface area contributed by atoms with Crippen LogP contribution in [0.15, 0.2) is 24.3 Å². The van der Waals surface area contributed by atoms with Gasteiger partial charge in [0.15, 0.2) is 9.84 Å². The molecule has 0 bridgehead atoms. The van der Waals surface area contributed by atoms with Gasteiger partial charge in [0, 0.05) is 18.1 Å². The molecule has 1 aliphatic rings. The zero-order chi connectivity index (χ0) is 18.2. The lowest BCUT2D eigenvalue weighted by Crippen LogP contribution is -2.33. The summed E-state index contributed by atoms with van der Waals surface area (Å²) in [7, 11) is -3.38. The first-order valence-electron chi connectivity index (χ1n) is 7.99. The van der Waals surface area contributed by atoms with Crippen molar-refractivity contribution in [2.45, 2.75) is 25.5 Å². The number of thiazole rings is 1. The van der Waals surface area contributed by atoms with Gasteiger partial charge in [-0.2, -0.15) is 0 Å². The van der Waals surface area contributed by atoms with Gasteiger partial charge in [0.25, 0.3) is 5.91 Å². The average Bonchev–Trinajstić information content (AvgIpc) is 2.80. The van der Waals surface area contributed by atoms with Crippen LogP contribution in [0.3, 0.4) is 0 Å². The highest BCUT2D eigenvalue weighted by Crippen LogP contribution is 2.34. The number of aryl methyl sites for hydroxylation is 2. The third-order valence-electron chi connectivity index (χ3n) is 4.38. The molecule has 0 aliphatic carbocycles. The van der Waals surface area contributed by atoms with Crippen molar-refractivity contribution in [2.24, 2.45) is 0 Å². The SMILES string of the molecule is Cc1nc(C)c(C(=O)N2CC[C@@H](c3ccccc3Cl)S(=O)(=O)CC2)s1. The Morgan fingerprint density at radius 3 is 2.64 bits per heavy atom. The lowest BCUT2D eigenvalue weighted by atomic mass is 10.1. The quantitative estimate of drug-likeness (QED) is 0.777. The van der Waals surface area contributed by atoms with Gasteiger partial charge in [0.1, 0.15) is 4.88 Å². The van der Waals surface area contributed by atoms with E-state index in [1.807, 2.05) is 6.92 Å². The number of carbonyl (C=O) groups excluding carboxylic acids is 1. The number of amides is 1. The van der Waals surface area contributed by atoms with Crippen LogP contribution in [0.5, 0.6) is 0 Å². The van der Waals surface area contributed by atoms with Crippen LogP contribution in [0.1, 0.15) is 37.6 Å². The Labute approximate surface area is 156 Å². The Bertz CT molecular complexity index is 908. The second-order valence-electron chi connectivity index (χ2n) is 6.11. The smallest absolute Gasteiger partial charge is 0.265 e. The number of hydrogen-bond donors (Lipinski definition) is 0. The monoisotopic (exact) mass is 398 g/mol. The summed E-state index contributed by atoms with van der Waals surface area (Å²) in [6.45, 7) is 4.23. The maximum absolute atomic E-state index is 12.8. The van der Waals surface area contributed by atoms with E-state index in [1.165, 1.54) is 11.3 Å². The summed E-state index contributed by atoms with van der Waals surface area (Å²) in [5.74, 6) is -0.205. The molecule has 8 heteroatoms. The van der Waals surface area contributed by atoms with Crippen molar-refractivity contribution in [2.75, 3.05) is 18.8 Å². The van der Waals surface area contributed by atoms with E-state index in [9.17, 15) is 13.2 Å². The molecule has 1 aliphatic heterocycles. The van der Waals surface area contributed by atoms with E-state index in [0.29, 0.717) is 34.1 Å². The second-order valence-corrected chi connectivity index (χ2v) is 10.0. The fourth-order valence-electron chi connectivity index (χ4n) is 3.11. The van der Waals surface area contributed by atoms with Gasteiger partial charge in [-0.25, -0.2) is 13.4 Å².